The van der Waals surface area contributed by atoms with Gasteiger partial charge in [-0.25, -0.2) is 8.42 Å². The zero-order valence-electron chi connectivity index (χ0n) is 15.2. The molecule has 26 heavy (non-hydrogen) atoms. The number of sulfonamides is 1. The van der Waals surface area contributed by atoms with E-state index < -0.39 is 10.0 Å². The van der Waals surface area contributed by atoms with Crippen molar-refractivity contribution in [3.63, 3.8) is 0 Å². The number of nitrogens with zero attached hydrogens (tertiary/aromatic N) is 1. The van der Waals surface area contributed by atoms with E-state index >= 15 is 0 Å². The Hall–Kier alpha value is -1.89. The highest BCUT2D eigenvalue weighted by molar-refractivity contribution is 7.89. The van der Waals surface area contributed by atoms with Gasteiger partial charge in [-0.1, -0.05) is 30.3 Å². The van der Waals surface area contributed by atoms with E-state index in [0.29, 0.717) is 25.4 Å². The molecule has 0 aromatic heterocycles. The van der Waals surface area contributed by atoms with E-state index in [1.54, 1.807) is 28.6 Å². The van der Waals surface area contributed by atoms with Crippen molar-refractivity contribution >= 4 is 10.0 Å². The first-order valence-electron chi connectivity index (χ1n) is 8.93. The van der Waals surface area contributed by atoms with Crippen LogP contribution >= 0.6 is 0 Å². The Morgan fingerprint density at radius 1 is 1.08 bits per heavy atom. The highest BCUT2D eigenvalue weighted by Gasteiger charge is 2.39. The van der Waals surface area contributed by atoms with Crippen molar-refractivity contribution in [2.45, 2.75) is 30.8 Å². The van der Waals surface area contributed by atoms with Crippen molar-refractivity contribution in [3.05, 3.63) is 60.2 Å². The molecular formula is C20H26N2O3S. The summed E-state index contributed by atoms with van der Waals surface area (Å²) in [6.45, 7) is 5.24. The molecule has 1 aliphatic heterocycles. The quantitative estimate of drug-likeness (QED) is 0.844. The third-order valence-corrected chi connectivity index (χ3v) is 6.62. The van der Waals surface area contributed by atoms with E-state index in [4.69, 9.17) is 10.5 Å². The van der Waals surface area contributed by atoms with Crippen LogP contribution in [0, 0.1) is 5.92 Å². The minimum atomic E-state index is -3.55. The third-order valence-electron chi connectivity index (χ3n) is 4.77. The predicted molar refractivity (Wildman–Crippen MR) is 103 cm³/mol. The van der Waals surface area contributed by atoms with Crippen LogP contribution in [0.3, 0.4) is 0 Å². The average molecular weight is 375 g/mol. The van der Waals surface area contributed by atoms with E-state index in [-0.39, 0.29) is 22.8 Å². The minimum Gasteiger partial charge on any atom is -0.491 e. The summed E-state index contributed by atoms with van der Waals surface area (Å²) in [6, 6.07) is 16.6. The van der Waals surface area contributed by atoms with Gasteiger partial charge in [-0.3, -0.25) is 0 Å². The van der Waals surface area contributed by atoms with E-state index in [9.17, 15) is 8.42 Å². The largest absolute Gasteiger partial charge is 0.491 e. The van der Waals surface area contributed by atoms with Crippen molar-refractivity contribution in [1.82, 2.24) is 4.31 Å². The van der Waals surface area contributed by atoms with Gasteiger partial charge in [0.15, 0.2) is 0 Å². The van der Waals surface area contributed by atoms with Gasteiger partial charge < -0.3 is 10.5 Å². The van der Waals surface area contributed by atoms with Gasteiger partial charge >= 0.3 is 0 Å². The van der Waals surface area contributed by atoms with Crippen molar-refractivity contribution in [3.8, 4) is 5.75 Å². The van der Waals surface area contributed by atoms with Crippen LogP contribution in [0.1, 0.15) is 25.3 Å². The molecule has 1 saturated heterocycles. The number of nitrogens with two attached hydrogens (primary N) is 1. The summed E-state index contributed by atoms with van der Waals surface area (Å²) in [7, 11) is -3.55. The maximum absolute atomic E-state index is 13.1. The lowest BCUT2D eigenvalue weighted by atomic mass is 9.89. The van der Waals surface area contributed by atoms with Crippen LogP contribution < -0.4 is 10.5 Å². The number of hydrogen-bond acceptors (Lipinski definition) is 4. The topological polar surface area (TPSA) is 72.6 Å². The second-order valence-electron chi connectivity index (χ2n) is 6.97. The Morgan fingerprint density at radius 3 is 2.31 bits per heavy atom. The maximum atomic E-state index is 13.1. The van der Waals surface area contributed by atoms with Crippen molar-refractivity contribution in [2.24, 2.45) is 11.7 Å². The van der Waals surface area contributed by atoms with E-state index in [1.165, 1.54) is 0 Å². The molecule has 0 unspecified atom stereocenters. The molecule has 0 radical (unpaired) electrons. The van der Waals surface area contributed by atoms with Crippen LogP contribution in [0.5, 0.6) is 5.75 Å². The van der Waals surface area contributed by atoms with Crippen LogP contribution in [0.25, 0.3) is 0 Å². The SMILES string of the molecule is CC(C)Oc1ccc(S(=O)(=O)N2C[C@@H](CN)[C@H](c3ccccc3)C2)cc1. The number of hydrogen-bond donors (Lipinski definition) is 1. The fourth-order valence-corrected chi connectivity index (χ4v) is 4.98. The summed E-state index contributed by atoms with van der Waals surface area (Å²) in [5.74, 6) is 0.914. The van der Waals surface area contributed by atoms with Gasteiger partial charge in [0.25, 0.3) is 0 Å². The molecule has 2 N–H and O–H groups in total. The molecule has 2 aromatic carbocycles. The van der Waals surface area contributed by atoms with Crippen LogP contribution in [0.15, 0.2) is 59.5 Å². The summed E-state index contributed by atoms with van der Waals surface area (Å²) in [6.07, 6.45) is 0.0491. The lowest BCUT2D eigenvalue weighted by Crippen LogP contribution is -2.30. The van der Waals surface area contributed by atoms with Crippen LogP contribution in [-0.2, 0) is 10.0 Å². The molecule has 0 aliphatic carbocycles. The highest BCUT2D eigenvalue weighted by atomic mass is 32.2. The number of ether oxygens (including phenoxy) is 1. The van der Waals surface area contributed by atoms with E-state index in [2.05, 4.69) is 0 Å². The maximum Gasteiger partial charge on any atom is 0.243 e. The molecule has 1 fully saturated rings. The van der Waals surface area contributed by atoms with Gasteiger partial charge in [0.1, 0.15) is 5.75 Å². The zero-order chi connectivity index (χ0) is 18.7. The molecule has 1 aliphatic rings. The van der Waals surface area contributed by atoms with Crippen LogP contribution in [-0.4, -0.2) is 38.5 Å². The van der Waals surface area contributed by atoms with Crippen molar-refractivity contribution in [2.75, 3.05) is 19.6 Å². The molecule has 5 nitrogen and oxygen atoms in total. The van der Waals surface area contributed by atoms with E-state index in [1.807, 2.05) is 44.2 Å². The standard InChI is InChI=1S/C20H26N2O3S/c1-15(2)25-18-8-10-19(11-9-18)26(23,24)22-13-17(12-21)20(14-22)16-6-4-3-5-7-16/h3-11,15,17,20H,12-14,21H2,1-2H3/t17-,20+/m1/s1. The fourth-order valence-electron chi connectivity index (χ4n) is 3.46. The van der Waals surface area contributed by atoms with Crippen LogP contribution in [0.2, 0.25) is 0 Å². The van der Waals surface area contributed by atoms with Gasteiger partial charge in [-0.15, -0.1) is 0 Å². The van der Waals surface area contributed by atoms with Crippen molar-refractivity contribution in [1.29, 1.82) is 0 Å². The molecular weight excluding hydrogens is 348 g/mol. The predicted octanol–water partition coefficient (Wildman–Crippen LogP) is 2.84. The number of rotatable bonds is 6. The van der Waals surface area contributed by atoms with E-state index in [0.717, 1.165) is 5.56 Å². The van der Waals surface area contributed by atoms with Gasteiger partial charge in [0.05, 0.1) is 11.0 Å². The van der Waals surface area contributed by atoms with Gasteiger partial charge in [0.2, 0.25) is 10.0 Å². The summed E-state index contributed by atoms with van der Waals surface area (Å²) >= 11 is 0. The Kier molecular flexibility index (Phi) is 5.65. The highest BCUT2D eigenvalue weighted by Crippen LogP contribution is 2.35. The summed E-state index contributed by atoms with van der Waals surface area (Å²) in [5.41, 5.74) is 7.07. The second kappa shape index (κ2) is 7.78. The number of benzene rings is 2. The molecule has 0 spiro atoms. The Balaban J connectivity index is 1.81. The molecule has 0 bridgehead atoms. The molecule has 6 heteroatoms. The summed E-state index contributed by atoms with van der Waals surface area (Å²) in [5, 5.41) is 0. The minimum absolute atomic E-state index is 0.0491. The Bertz CT molecular complexity index is 820. The summed E-state index contributed by atoms with van der Waals surface area (Å²) < 4.78 is 33.2. The molecule has 0 saturated carbocycles. The lowest BCUT2D eigenvalue weighted by molar-refractivity contribution is 0.242. The Labute approximate surface area is 155 Å². The summed E-state index contributed by atoms with van der Waals surface area (Å²) in [4.78, 5) is 0.290. The normalized spacial score (nSPS) is 21.2. The second-order valence-corrected chi connectivity index (χ2v) is 8.91. The molecule has 140 valence electrons. The molecule has 2 atom stereocenters. The smallest absolute Gasteiger partial charge is 0.243 e. The Morgan fingerprint density at radius 2 is 1.73 bits per heavy atom. The van der Waals surface area contributed by atoms with Gasteiger partial charge in [-0.05, 0) is 56.1 Å². The first-order chi connectivity index (χ1) is 12.4. The van der Waals surface area contributed by atoms with Gasteiger partial charge in [-0.2, -0.15) is 4.31 Å². The van der Waals surface area contributed by atoms with Crippen molar-refractivity contribution < 1.29 is 13.2 Å². The molecule has 3 rings (SSSR count). The third kappa shape index (κ3) is 3.92. The average Bonchev–Trinajstić information content (AvgIpc) is 3.08. The molecule has 2 aromatic rings. The molecule has 1 heterocycles. The fraction of sp³-hybridized carbons (Fsp3) is 0.400. The van der Waals surface area contributed by atoms with Crippen LogP contribution in [0.4, 0.5) is 0 Å². The first-order valence-corrected chi connectivity index (χ1v) is 10.4. The zero-order valence-corrected chi connectivity index (χ0v) is 16.0. The van der Waals surface area contributed by atoms with Gasteiger partial charge in [0, 0.05) is 19.0 Å². The monoisotopic (exact) mass is 374 g/mol. The lowest BCUT2D eigenvalue weighted by Gasteiger charge is -2.17. The first kappa shape index (κ1) is 18.9. The molecule has 0 amide bonds.